The summed E-state index contributed by atoms with van der Waals surface area (Å²) in [6.45, 7) is 4.87. The highest BCUT2D eigenvalue weighted by Crippen LogP contribution is 2.26. The molecule has 0 radical (unpaired) electrons. The molecule has 0 amide bonds. The largest absolute Gasteiger partial charge is 0.462 e. The summed E-state index contributed by atoms with van der Waals surface area (Å²) in [6, 6.07) is 0. The first-order valence-corrected chi connectivity index (χ1v) is 6.37. The number of carbonyl (C=O) groups excluding carboxylic acids is 1. The highest BCUT2D eigenvalue weighted by atomic mass is 16.5. The molecule has 0 aliphatic heterocycles. The highest BCUT2D eigenvalue weighted by molar-refractivity contribution is 6.04. The summed E-state index contributed by atoms with van der Waals surface area (Å²) < 4.78 is 11.7. The molecule has 2 rings (SSSR count). The first-order chi connectivity index (χ1) is 9.60. The van der Waals surface area contributed by atoms with Gasteiger partial charge in [-0.15, -0.1) is 0 Å². The molecule has 20 heavy (non-hydrogen) atoms. The highest BCUT2D eigenvalue weighted by Gasteiger charge is 2.20. The minimum absolute atomic E-state index is 0.294. The molecule has 2 aromatic heterocycles. The Balaban J connectivity index is 2.51. The van der Waals surface area contributed by atoms with E-state index in [4.69, 9.17) is 15.2 Å². The first-order valence-electron chi connectivity index (χ1n) is 6.37. The monoisotopic (exact) mass is 278 g/mol. The van der Waals surface area contributed by atoms with E-state index in [1.54, 1.807) is 31.8 Å². The Morgan fingerprint density at radius 2 is 2.25 bits per heavy atom. The molecule has 0 aliphatic carbocycles. The van der Waals surface area contributed by atoms with Gasteiger partial charge >= 0.3 is 5.97 Å². The Hall–Kier alpha value is -2.15. The van der Waals surface area contributed by atoms with Crippen LogP contribution >= 0.6 is 0 Å². The average molecular weight is 278 g/mol. The van der Waals surface area contributed by atoms with Crippen LogP contribution in [0.15, 0.2) is 6.20 Å². The second-order valence-corrected chi connectivity index (χ2v) is 4.30. The lowest BCUT2D eigenvalue weighted by Crippen LogP contribution is -2.13. The van der Waals surface area contributed by atoms with Gasteiger partial charge in [-0.25, -0.2) is 14.5 Å². The maximum absolute atomic E-state index is 11.9. The zero-order chi connectivity index (χ0) is 14.7. The molecule has 7 nitrogen and oxygen atoms in total. The second kappa shape index (κ2) is 5.87. The predicted molar refractivity (Wildman–Crippen MR) is 74.5 cm³/mol. The van der Waals surface area contributed by atoms with Crippen molar-refractivity contribution in [2.24, 2.45) is 0 Å². The minimum atomic E-state index is -0.457. The number of carbonyl (C=O) groups is 1. The molecule has 2 heterocycles. The van der Waals surface area contributed by atoms with E-state index in [-0.39, 0.29) is 0 Å². The van der Waals surface area contributed by atoms with Crippen LogP contribution in [0.5, 0.6) is 0 Å². The molecule has 0 bridgehead atoms. The number of rotatable bonds is 5. The third kappa shape index (κ3) is 2.44. The van der Waals surface area contributed by atoms with Crippen molar-refractivity contribution in [1.29, 1.82) is 0 Å². The van der Waals surface area contributed by atoms with Crippen molar-refractivity contribution in [3.8, 4) is 0 Å². The van der Waals surface area contributed by atoms with Gasteiger partial charge in [0, 0.05) is 7.11 Å². The molecule has 0 unspecified atom stereocenters. The molecule has 0 spiro atoms. The van der Waals surface area contributed by atoms with Crippen molar-refractivity contribution in [3.05, 3.63) is 17.5 Å². The third-order valence-electron chi connectivity index (χ3n) is 2.99. The molecule has 2 aromatic rings. The van der Waals surface area contributed by atoms with E-state index in [1.807, 2.05) is 0 Å². The number of aryl methyl sites for hydroxylation is 1. The van der Waals surface area contributed by atoms with E-state index in [0.717, 1.165) is 0 Å². The summed E-state index contributed by atoms with van der Waals surface area (Å²) in [7, 11) is 1.62. The lowest BCUT2D eigenvalue weighted by Gasteiger charge is -2.10. The van der Waals surface area contributed by atoms with Crippen molar-refractivity contribution < 1.29 is 14.3 Å². The number of methoxy groups -OCH3 is 1. The number of ether oxygens (including phenoxy) is 2. The van der Waals surface area contributed by atoms with Crippen molar-refractivity contribution in [3.63, 3.8) is 0 Å². The number of hydrogen-bond donors (Lipinski definition) is 1. The van der Waals surface area contributed by atoms with Crippen molar-refractivity contribution in [1.82, 2.24) is 14.8 Å². The van der Waals surface area contributed by atoms with E-state index in [1.165, 1.54) is 0 Å². The summed E-state index contributed by atoms with van der Waals surface area (Å²) in [5, 5.41) is 4.87. The fourth-order valence-electron chi connectivity index (χ4n) is 2.03. The number of pyridine rings is 1. The molecule has 0 aliphatic rings. The zero-order valence-corrected chi connectivity index (χ0v) is 11.8. The van der Waals surface area contributed by atoms with Crippen LogP contribution < -0.4 is 5.73 Å². The van der Waals surface area contributed by atoms with E-state index in [0.29, 0.717) is 47.7 Å². The summed E-state index contributed by atoms with van der Waals surface area (Å²) in [6.07, 6.45) is 1.61. The summed E-state index contributed by atoms with van der Waals surface area (Å²) in [5.74, 6) is -0.457. The molecule has 0 fully saturated rings. The van der Waals surface area contributed by atoms with Crippen LogP contribution in [0, 0.1) is 6.92 Å². The van der Waals surface area contributed by atoms with Gasteiger partial charge in [0.2, 0.25) is 0 Å². The number of fused-ring (bicyclic) bond motifs is 1. The van der Waals surface area contributed by atoms with Gasteiger partial charge in [0.25, 0.3) is 0 Å². The summed E-state index contributed by atoms with van der Waals surface area (Å²) in [4.78, 5) is 16.3. The first kappa shape index (κ1) is 14.3. The van der Waals surface area contributed by atoms with Crippen LogP contribution in [-0.4, -0.2) is 41.1 Å². The van der Waals surface area contributed by atoms with Gasteiger partial charge in [0.05, 0.1) is 42.7 Å². The maximum atomic E-state index is 11.9. The van der Waals surface area contributed by atoms with Crippen LogP contribution in [0.3, 0.4) is 0 Å². The Morgan fingerprint density at radius 3 is 2.90 bits per heavy atom. The van der Waals surface area contributed by atoms with Crippen LogP contribution in [0.1, 0.15) is 23.0 Å². The smallest absolute Gasteiger partial charge is 0.342 e. The number of hydrogen-bond acceptors (Lipinski definition) is 6. The lowest BCUT2D eigenvalue weighted by atomic mass is 10.1. The fraction of sp³-hybridized carbons (Fsp3) is 0.462. The zero-order valence-electron chi connectivity index (χ0n) is 11.8. The van der Waals surface area contributed by atoms with Gasteiger partial charge < -0.3 is 15.2 Å². The fourth-order valence-corrected chi connectivity index (χ4v) is 2.03. The third-order valence-corrected chi connectivity index (χ3v) is 2.99. The molecule has 0 saturated carbocycles. The minimum Gasteiger partial charge on any atom is -0.462 e. The number of aromatic nitrogens is 3. The average Bonchev–Trinajstić information content (AvgIpc) is 2.80. The van der Waals surface area contributed by atoms with E-state index < -0.39 is 5.97 Å². The van der Waals surface area contributed by atoms with Gasteiger partial charge in [0.15, 0.2) is 5.65 Å². The Labute approximate surface area is 116 Å². The van der Waals surface area contributed by atoms with Crippen LogP contribution in [-0.2, 0) is 16.0 Å². The molecular weight excluding hydrogens is 260 g/mol. The maximum Gasteiger partial charge on any atom is 0.342 e. The van der Waals surface area contributed by atoms with Gasteiger partial charge in [-0.1, -0.05) is 0 Å². The van der Waals surface area contributed by atoms with Crippen LogP contribution in [0.25, 0.3) is 11.0 Å². The van der Waals surface area contributed by atoms with Crippen LogP contribution in [0.4, 0.5) is 5.69 Å². The summed E-state index contributed by atoms with van der Waals surface area (Å²) >= 11 is 0. The number of nitrogens with zero attached hydrogens (tertiary/aromatic N) is 3. The van der Waals surface area contributed by atoms with Gasteiger partial charge in [-0.05, 0) is 13.8 Å². The molecule has 108 valence electrons. The number of anilines is 1. The topological polar surface area (TPSA) is 92.3 Å². The molecule has 0 saturated heterocycles. The van der Waals surface area contributed by atoms with E-state index in [9.17, 15) is 4.79 Å². The van der Waals surface area contributed by atoms with Crippen molar-refractivity contribution in [2.75, 3.05) is 26.1 Å². The standard InChI is InChI=1S/C13H18N4O3/c1-4-20-13(18)10-8(2)16-12-9(11(10)14)7-15-17(12)5-6-19-3/h7H,4-6H2,1-3H3,(H2,14,16). The van der Waals surface area contributed by atoms with Crippen molar-refractivity contribution in [2.45, 2.75) is 20.4 Å². The molecular formula is C13H18N4O3. The SMILES string of the molecule is CCOC(=O)c1c(C)nc2c(cnn2CCOC)c1N. The number of nitrogens with two attached hydrogens (primary N) is 1. The lowest BCUT2D eigenvalue weighted by molar-refractivity contribution is 0.0526. The van der Waals surface area contributed by atoms with Crippen LogP contribution in [0.2, 0.25) is 0 Å². The quantitative estimate of drug-likeness (QED) is 0.825. The predicted octanol–water partition coefficient (Wildman–Crippen LogP) is 1.15. The van der Waals surface area contributed by atoms with Crippen molar-refractivity contribution >= 4 is 22.7 Å². The molecule has 2 N–H and O–H groups in total. The van der Waals surface area contributed by atoms with E-state index >= 15 is 0 Å². The number of esters is 1. The number of nitrogen functional groups attached to an aromatic ring is 1. The van der Waals surface area contributed by atoms with Gasteiger partial charge in [-0.2, -0.15) is 5.10 Å². The molecule has 0 aromatic carbocycles. The normalized spacial score (nSPS) is 10.9. The Bertz CT molecular complexity index is 636. The second-order valence-electron chi connectivity index (χ2n) is 4.30. The summed E-state index contributed by atoms with van der Waals surface area (Å²) in [5.41, 5.74) is 7.91. The molecule has 7 heteroatoms. The Morgan fingerprint density at radius 1 is 1.50 bits per heavy atom. The Kier molecular flexibility index (Phi) is 4.19. The van der Waals surface area contributed by atoms with E-state index in [2.05, 4.69) is 10.1 Å². The molecule has 0 atom stereocenters. The van der Waals surface area contributed by atoms with Gasteiger partial charge in [0.1, 0.15) is 5.56 Å². The van der Waals surface area contributed by atoms with Gasteiger partial charge in [-0.3, -0.25) is 0 Å².